The lowest BCUT2D eigenvalue weighted by Crippen LogP contribution is -2.50. The highest BCUT2D eigenvalue weighted by Gasteiger charge is 2.27. The van der Waals surface area contributed by atoms with E-state index in [1.54, 1.807) is 24.3 Å². The lowest BCUT2D eigenvalue weighted by molar-refractivity contribution is -0.124. The van der Waals surface area contributed by atoms with Crippen LogP contribution in [0.3, 0.4) is 0 Å². The zero-order chi connectivity index (χ0) is 14.6. The smallest absolute Gasteiger partial charge is 0.238 e. The first-order valence-electron chi connectivity index (χ1n) is 6.27. The van der Waals surface area contributed by atoms with E-state index in [-0.39, 0.29) is 11.7 Å². The fourth-order valence-electron chi connectivity index (χ4n) is 2.10. The molecule has 1 aliphatic rings. The molecule has 1 aromatic rings. The van der Waals surface area contributed by atoms with Gasteiger partial charge in [-0.25, -0.2) is 13.1 Å². The summed E-state index contributed by atoms with van der Waals surface area (Å²) in [5.41, 5.74) is 0.754. The molecule has 1 fully saturated rings. The van der Waals surface area contributed by atoms with Crippen molar-refractivity contribution in [2.45, 2.75) is 24.6 Å². The Hall–Kier alpha value is -1.91. The fraction of sp³-hybridized carbons (Fsp3) is 0.385. The van der Waals surface area contributed by atoms with Gasteiger partial charge in [-0.2, -0.15) is 5.26 Å². The molecule has 1 aliphatic heterocycles. The van der Waals surface area contributed by atoms with Gasteiger partial charge >= 0.3 is 0 Å². The number of amides is 1. The monoisotopic (exact) mass is 293 g/mol. The molecule has 1 heterocycles. The van der Waals surface area contributed by atoms with Gasteiger partial charge in [0.05, 0.1) is 17.4 Å². The second-order valence-electron chi connectivity index (χ2n) is 4.63. The van der Waals surface area contributed by atoms with Gasteiger partial charge in [0.25, 0.3) is 0 Å². The average molecular weight is 293 g/mol. The van der Waals surface area contributed by atoms with Crippen LogP contribution in [0.15, 0.2) is 24.3 Å². The summed E-state index contributed by atoms with van der Waals surface area (Å²) < 4.78 is 26.6. The summed E-state index contributed by atoms with van der Waals surface area (Å²) in [6, 6.07) is 7.76. The molecular formula is C13H15N3O3S. The number of piperidine rings is 1. The van der Waals surface area contributed by atoms with Crippen LogP contribution in [-0.2, 0) is 20.6 Å². The predicted octanol–water partition coefficient (Wildman–Crippen LogP) is 0.256. The van der Waals surface area contributed by atoms with Gasteiger partial charge in [0.15, 0.2) is 0 Å². The van der Waals surface area contributed by atoms with E-state index in [1.165, 1.54) is 0 Å². The van der Waals surface area contributed by atoms with Crippen molar-refractivity contribution in [2.75, 3.05) is 6.54 Å². The summed E-state index contributed by atoms with van der Waals surface area (Å²) in [7, 11) is -3.66. The highest BCUT2D eigenvalue weighted by Crippen LogP contribution is 2.12. The number of sulfonamides is 1. The Bertz CT molecular complexity index is 649. The number of carbonyl (C=O) groups is 1. The highest BCUT2D eigenvalue weighted by molar-refractivity contribution is 7.88. The maximum Gasteiger partial charge on any atom is 0.238 e. The molecule has 1 unspecified atom stereocenters. The van der Waals surface area contributed by atoms with E-state index in [0.29, 0.717) is 24.1 Å². The molecule has 7 heteroatoms. The van der Waals surface area contributed by atoms with E-state index in [2.05, 4.69) is 10.0 Å². The number of benzene rings is 1. The van der Waals surface area contributed by atoms with Gasteiger partial charge in [-0.1, -0.05) is 18.2 Å². The second kappa shape index (κ2) is 6.03. The Morgan fingerprint density at radius 1 is 1.40 bits per heavy atom. The minimum absolute atomic E-state index is 0.298. The van der Waals surface area contributed by atoms with Crippen molar-refractivity contribution in [3.63, 3.8) is 0 Å². The SMILES string of the molecule is N#Cc1ccccc1CS(=O)(=O)NC1CCCNC1=O. The Balaban J connectivity index is 2.11. The minimum Gasteiger partial charge on any atom is -0.355 e. The summed E-state index contributed by atoms with van der Waals surface area (Å²) in [6.07, 6.45) is 1.23. The second-order valence-corrected chi connectivity index (χ2v) is 6.39. The predicted molar refractivity (Wildman–Crippen MR) is 72.9 cm³/mol. The minimum atomic E-state index is -3.66. The van der Waals surface area contributed by atoms with E-state index in [0.717, 1.165) is 6.42 Å². The van der Waals surface area contributed by atoms with Crippen LogP contribution in [0.2, 0.25) is 0 Å². The molecule has 0 spiro atoms. The molecule has 1 atom stereocenters. The van der Waals surface area contributed by atoms with E-state index < -0.39 is 16.1 Å². The summed E-state index contributed by atoms with van der Waals surface area (Å²) in [5, 5.41) is 11.6. The maximum atomic E-state index is 12.1. The Morgan fingerprint density at radius 2 is 2.15 bits per heavy atom. The van der Waals surface area contributed by atoms with Crippen molar-refractivity contribution >= 4 is 15.9 Å². The van der Waals surface area contributed by atoms with Crippen LogP contribution in [0.4, 0.5) is 0 Å². The quantitative estimate of drug-likeness (QED) is 0.831. The van der Waals surface area contributed by atoms with Crippen LogP contribution in [-0.4, -0.2) is 26.9 Å². The first-order chi connectivity index (χ1) is 9.52. The summed E-state index contributed by atoms with van der Waals surface area (Å²) in [5.74, 6) is -0.603. The van der Waals surface area contributed by atoms with Gasteiger partial charge in [0, 0.05) is 6.54 Å². The zero-order valence-electron chi connectivity index (χ0n) is 10.8. The number of nitriles is 1. The number of hydrogen-bond donors (Lipinski definition) is 2. The number of rotatable bonds is 4. The molecule has 0 aromatic heterocycles. The van der Waals surface area contributed by atoms with Crippen molar-refractivity contribution in [2.24, 2.45) is 0 Å². The Morgan fingerprint density at radius 3 is 2.85 bits per heavy atom. The Kier molecular flexibility index (Phi) is 4.37. The van der Waals surface area contributed by atoms with E-state index in [9.17, 15) is 13.2 Å². The molecule has 1 amide bonds. The van der Waals surface area contributed by atoms with Gasteiger partial charge in [-0.05, 0) is 24.5 Å². The largest absolute Gasteiger partial charge is 0.355 e. The van der Waals surface area contributed by atoms with Gasteiger partial charge in [-0.3, -0.25) is 4.79 Å². The molecular weight excluding hydrogens is 278 g/mol. The third-order valence-corrected chi connectivity index (χ3v) is 4.43. The molecule has 2 rings (SSSR count). The molecule has 20 heavy (non-hydrogen) atoms. The van der Waals surface area contributed by atoms with Gasteiger partial charge in [-0.15, -0.1) is 0 Å². The lowest BCUT2D eigenvalue weighted by atomic mass is 10.1. The molecule has 2 N–H and O–H groups in total. The third kappa shape index (κ3) is 3.56. The number of carbonyl (C=O) groups excluding carboxylic acids is 1. The molecule has 0 aliphatic carbocycles. The lowest BCUT2D eigenvalue weighted by Gasteiger charge is -2.22. The van der Waals surface area contributed by atoms with E-state index >= 15 is 0 Å². The maximum absolute atomic E-state index is 12.1. The van der Waals surface area contributed by atoms with Crippen molar-refractivity contribution in [1.82, 2.24) is 10.0 Å². The van der Waals surface area contributed by atoms with E-state index in [1.807, 2.05) is 6.07 Å². The topological polar surface area (TPSA) is 99.1 Å². The third-order valence-electron chi connectivity index (χ3n) is 3.09. The van der Waals surface area contributed by atoms with Crippen molar-refractivity contribution in [1.29, 1.82) is 5.26 Å². The molecule has 1 aromatic carbocycles. The number of nitrogens with one attached hydrogen (secondary N) is 2. The van der Waals surface area contributed by atoms with Crippen LogP contribution >= 0.6 is 0 Å². The molecule has 106 valence electrons. The van der Waals surface area contributed by atoms with Crippen LogP contribution in [0.1, 0.15) is 24.0 Å². The normalized spacial score (nSPS) is 19.1. The van der Waals surface area contributed by atoms with Gasteiger partial charge < -0.3 is 5.32 Å². The van der Waals surface area contributed by atoms with Crippen LogP contribution in [0, 0.1) is 11.3 Å². The Labute approximate surface area is 117 Å². The van der Waals surface area contributed by atoms with Gasteiger partial charge in [0.1, 0.15) is 6.04 Å². The molecule has 0 saturated carbocycles. The first kappa shape index (κ1) is 14.5. The number of hydrogen-bond acceptors (Lipinski definition) is 4. The summed E-state index contributed by atoms with van der Waals surface area (Å²) in [6.45, 7) is 0.578. The molecule has 0 bridgehead atoms. The molecule has 6 nitrogen and oxygen atoms in total. The van der Waals surface area contributed by atoms with Gasteiger partial charge in [0.2, 0.25) is 15.9 Å². The van der Waals surface area contributed by atoms with Crippen LogP contribution < -0.4 is 10.0 Å². The number of nitrogens with zero attached hydrogens (tertiary/aromatic N) is 1. The van der Waals surface area contributed by atoms with Crippen molar-refractivity contribution in [3.05, 3.63) is 35.4 Å². The average Bonchev–Trinajstić information content (AvgIpc) is 2.41. The molecule has 1 saturated heterocycles. The van der Waals surface area contributed by atoms with E-state index in [4.69, 9.17) is 5.26 Å². The zero-order valence-corrected chi connectivity index (χ0v) is 11.6. The van der Waals surface area contributed by atoms with Crippen LogP contribution in [0.25, 0.3) is 0 Å². The molecule has 0 radical (unpaired) electrons. The first-order valence-corrected chi connectivity index (χ1v) is 7.93. The summed E-state index contributed by atoms with van der Waals surface area (Å²) in [4.78, 5) is 11.6. The summed E-state index contributed by atoms with van der Waals surface area (Å²) >= 11 is 0. The van der Waals surface area contributed by atoms with Crippen molar-refractivity contribution < 1.29 is 13.2 Å². The van der Waals surface area contributed by atoms with Crippen LogP contribution in [0.5, 0.6) is 0 Å². The highest BCUT2D eigenvalue weighted by atomic mass is 32.2. The van der Waals surface area contributed by atoms with Crippen molar-refractivity contribution in [3.8, 4) is 6.07 Å². The standard InChI is InChI=1S/C13H15N3O3S/c14-8-10-4-1-2-5-11(10)9-20(18,19)16-12-6-3-7-15-13(12)17/h1-2,4-5,12,16H,3,6-7,9H2,(H,15,17). The fourth-order valence-corrected chi connectivity index (χ4v) is 3.51.